The molecule has 0 aliphatic carbocycles. The van der Waals surface area contributed by atoms with Crippen LogP contribution in [-0.4, -0.2) is 64.0 Å². The molecule has 154 valence electrons. The molecule has 0 amide bonds. The van der Waals surface area contributed by atoms with E-state index in [9.17, 15) is 4.79 Å². The third-order valence-electron chi connectivity index (χ3n) is 5.15. The maximum atomic E-state index is 12.5. The van der Waals surface area contributed by atoms with E-state index in [1.807, 2.05) is 35.0 Å². The molecule has 1 saturated heterocycles. The van der Waals surface area contributed by atoms with Crippen LogP contribution in [0.15, 0.2) is 41.3 Å². The average molecular weight is 396 g/mol. The van der Waals surface area contributed by atoms with Gasteiger partial charge in [0.05, 0.1) is 11.7 Å². The predicted molar refractivity (Wildman–Crippen MR) is 114 cm³/mol. The van der Waals surface area contributed by atoms with Gasteiger partial charge in [0.15, 0.2) is 5.65 Å². The second-order valence-corrected chi connectivity index (χ2v) is 8.34. The van der Waals surface area contributed by atoms with Crippen LogP contribution in [0.5, 0.6) is 5.75 Å². The Labute approximate surface area is 170 Å². The molecule has 0 radical (unpaired) electrons. The minimum absolute atomic E-state index is 0.140. The van der Waals surface area contributed by atoms with E-state index < -0.39 is 0 Å². The van der Waals surface area contributed by atoms with Crippen LogP contribution >= 0.6 is 0 Å². The standard InChI is InChI=1S/C21H28N6O2/c1-21(2,3)27-18-17(15-22-27)19(28)24-20(23-18)26-11-9-25(10-12-26)13-14-29-16-7-5-4-6-8-16/h4-8,15H,9-14H2,1-3H3,(H,23,24,28). The molecule has 0 bridgehead atoms. The van der Waals surface area contributed by atoms with Gasteiger partial charge in [0.25, 0.3) is 5.56 Å². The van der Waals surface area contributed by atoms with Crippen molar-refractivity contribution < 1.29 is 4.74 Å². The fraction of sp³-hybridized carbons (Fsp3) is 0.476. The van der Waals surface area contributed by atoms with Crippen LogP contribution in [0, 0.1) is 0 Å². The maximum Gasteiger partial charge on any atom is 0.263 e. The van der Waals surface area contributed by atoms with E-state index in [-0.39, 0.29) is 11.1 Å². The number of aromatic nitrogens is 4. The number of ether oxygens (including phenoxy) is 1. The highest BCUT2D eigenvalue weighted by Gasteiger charge is 2.23. The summed E-state index contributed by atoms with van der Waals surface area (Å²) in [5.74, 6) is 1.52. The summed E-state index contributed by atoms with van der Waals surface area (Å²) in [5.41, 5.74) is 0.256. The van der Waals surface area contributed by atoms with Crippen molar-refractivity contribution in [3.05, 3.63) is 46.9 Å². The van der Waals surface area contributed by atoms with E-state index in [0.717, 1.165) is 38.5 Å². The number of fused-ring (bicyclic) bond motifs is 1. The highest BCUT2D eigenvalue weighted by atomic mass is 16.5. The number of rotatable bonds is 5. The summed E-state index contributed by atoms with van der Waals surface area (Å²) in [7, 11) is 0. The Hall–Kier alpha value is -2.87. The number of benzene rings is 1. The number of H-pyrrole nitrogens is 1. The van der Waals surface area contributed by atoms with Crippen LogP contribution in [-0.2, 0) is 5.54 Å². The molecule has 4 rings (SSSR count). The van der Waals surface area contributed by atoms with E-state index in [2.05, 4.69) is 40.7 Å². The Morgan fingerprint density at radius 2 is 1.83 bits per heavy atom. The molecule has 1 aliphatic rings. The Morgan fingerprint density at radius 1 is 1.10 bits per heavy atom. The van der Waals surface area contributed by atoms with Gasteiger partial charge in [-0.1, -0.05) is 18.2 Å². The van der Waals surface area contributed by atoms with Gasteiger partial charge < -0.3 is 9.64 Å². The fourth-order valence-electron chi connectivity index (χ4n) is 3.54. The van der Waals surface area contributed by atoms with Gasteiger partial charge in [0, 0.05) is 32.7 Å². The third kappa shape index (κ3) is 4.27. The lowest BCUT2D eigenvalue weighted by molar-refractivity contribution is 0.200. The van der Waals surface area contributed by atoms with Crippen molar-refractivity contribution in [2.24, 2.45) is 0 Å². The van der Waals surface area contributed by atoms with Crippen LogP contribution in [0.3, 0.4) is 0 Å². The highest BCUT2D eigenvalue weighted by Crippen LogP contribution is 2.20. The molecule has 2 aromatic heterocycles. The monoisotopic (exact) mass is 396 g/mol. The molecule has 0 spiro atoms. The lowest BCUT2D eigenvalue weighted by Gasteiger charge is -2.34. The van der Waals surface area contributed by atoms with Crippen LogP contribution in [0.1, 0.15) is 20.8 Å². The van der Waals surface area contributed by atoms with Gasteiger partial charge in [0.1, 0.15) is 17.7 Å². The zero-order valence-corrected chi connectivity index (χ0v) is 17.3. The summed E-state index contributed by atoms with van der Waals surface area (Å²) in [6.45, 7) is 11.1. The Morgan fingerprint density at radius 3 is 2.52 bits per heavy atom. The summed E-state index contributed by atoms with van der Waals surface area (Å²) in [6, 6.07) is 9.88. The van der Waals surface area contributed by atoms with Crippen molar-refractivity contribution >= 4 is 17.0 Å². The molecular weight excluding hydrogens is 368 g/mol. The molecule has 8 nitrogen and oxygen atoms in total. The first-order valence-electron chi connectivity index (χ1n) is 10.1. The molecule has 29 heavy (non-hydrogen) atoms. The topological polar surface area (TPSA) is 79.3 Å². The van der Waals surface area contributed by atoms with Gasteiger partial charge in [-0.05, 0) is 32.9 Å². The first-order valence-corrected chi connectivity index (χ1v) is 10.1. The van der Waals surface area contributed by atoms with Gasteiger partial charge in [-0.15, -0.1) is 0 Å². The molecule has 0 atom stereocenters. The molecule has 0 saturated carbocycles. The first kappa shape index (κ1) is 19.4. The minimum atomic E-state index is -0.239. The first-order chi connectivity index (χ1) is 13.9. The Kier molecular flexibility index (Phi) is 5.27. The van der Waals surface area contributed by atoms with Crippen molar-refractivity contribution in [2.45, 2.75) is 26.3 Å². The zero-order valence-electron chi connectivity index (χ0n) is 17.3. The smallest absolute Gasteiger partial charge is 0.263 e. The molecule has 0 unspecified atom stereocenters. The van der Waals surface area contributed by atoms with Gasteiger partial charge in [-0.25, -0.2) is 4.68 Å². The SMILES string of the molecule is CC(C)(C)n1ncc2c(=O)[nH]c(N3CCN(CCOc4ccccc4)CC3)nc21. The highest BCUT2D eigenvalue weighted by molar-refractivity contribution is 5.74. The lowest BCUT2D eigenvalue weighted by Crippen LogP contribution is -2.48. The predicted octanol–water partition coefficient (Wildman–Crippen LogP) is 2.08. The molecule has 1 aliphatic heterocycles. The minimum Gasteiger partial charge on any atom is -0.492 e. The van der Waals surface area contributed by atoms with Gasteiger partial charge >= 0.3 is 0 Å². The summed E-state index contributed by atoms with van der Waals surface area (Å²) in [6.07, 6.45) is 1.60. The molecule has 3 aromatic rings. The number of nitrogens with one attached hydrogen (secondary N) is 1. The third-order valence-corrected chi connectivity index (χ3v) is 5.15. The quantitative estimate of drug-likeness (QED) is 0.711. The van der Waals surface area contributed by atoms with Crippen molar-refractivity contribution in [3.63, 3.8) is 0 Å². The van der Waals surface area contributed by atoms with Crippen molar-refractivity contribution in [3.8, 4) is 5.75 Å². The fourth-order valence-corrected chi connectivity index (χ4v) is 3.54. The number of anilines is 1. The van der Waals surface area contributed by atoms with Crippen molar-refractivity contribution in [1.29, 1.82) is 0 Å². The molecule has 3 heterocycles. The normalized spacial score (nSPS) is 15.8. The molecule has 1 fully saturated rings. The molecule has 8 heteroatoms. The van der Waals surface area contributed by atoms with E-state index >= 15 is 0 Å². The van der Waals surface area contributed by atoms with E-state index in [4.69, 9.17) is 9.72 Å². The van der Waals surface area contributed by atoms with Crippen LogP contribution in [0.2, 0.25) is 0 Å². The maximum absolute atomic E-state index is 12.5. The number of hydrogen-bond donors (Lipinski definition) is 1. The number of aromatic amines is 1. The van der Waals surface area contributed by atoms with Crippen LogP contribution < -0.4 is 15.2 Å². The van der Waals surface area contributed by atoms with Gasteiger partial charge in [-0.3, -0.25) is 14.7 Å². The number of piperazine rings is 1. The largest absolute Gasteiger partial charge is 0.492 e. The van der Waals surface area contributed by atoms with E-state index in [0.29, 0.717) is 23.6 Å². The second kappa shape index (κ2) is 7.87. The van der Waals surface area contributed by atoms with E-state index in [1.165, 1.54) is 0 Å². The Bertz CT molecular complexity index is 1010. The molecule has 1 aromatic carbocycles. The Balaban J connectivity index is 1.39. The van der Waals surface area contributed by atoms with Crippen molar-refractivity contribution in [2.75, 3.05) is 44.2 Å². The number of hydrogen-bond acceptors (Lipinski definition) is 6. The zero-order chi connectivity index (χ0) is 20.4. The number of nitrogens with zero attached hydrogens (tertiary/aromatic N) is 5. The second-order valence-electron chi connectivity index (χ2n) is 8.34. The molecular formula is C21H28N6O2. The summed E-state index contributed by atoms with van der Waals surface area (Å²) in [5, 5.41) is 4.91. The van der Waals surface area contributed by atoms with Crippen LogP contribution in [0.4, 0.5) is 5.95 Å². The van der Waals surface area contributed by atoms with Crippen LogP contribution in [0.25, 0.3) is 11.0 Å². The average Bonchev–Trinajstić information content (AvgIpc) is 3.14. The van der Waals surface area contributed by atoms with E-state index in [1.54, 1.807) is 6.20 Å². The summed E-state index contributed by atoms with van der Waals surface area (Å²) < 4.78 is 7.61. The molecule has 1 N–H and O–H groups in total. The lowest BCUT2D eigenvalue weighted by atomic mass is 10.1. The van der Waals surface area contributed by atoms with Crippen molar-refractivity contribution in [1.82, 2.24) is 24.6 Å². The summed E-state index contributed by atoms with van der Waals surface area (Å²) >= 11 is 0. The van der Waals surface area contributed by atoms with Gasteiger partial charge in [0.2, 0.25) is 5.95 Å². The summed E-state index contributed by atoms with van der Waals surface area (Å²) in [4.78, 5) is 24.7. The number of para-hydroxylation sites is 1. The van der Waals surface area contributed by atoms with Gasteiger partial charge in [-0.2, -0.15) is 10.1 Å².